The lowest BCUT2D eigenvalue weighted by Crippen LogP contribution is -2.39. The minimum Gasteiger partial charge on any atom is -0.478 e. The number of benzene rings is 1. The number of thiazole rings is 1. The number of hydrogen-bond donors (Lipinski definition) is 1. The molecule has 2 aromatic rings. The average molecular weight is 358 g/mol. The van der Waals surface area contributed by atoms with Gasteiger partial charge in [0.05, 0.1) is 16.8 Å². The molecule has 1 aliphatic rings. The number of carbonyl (C=O) groups is 2. The third kappa shape index (κ3) is 4.25. The predicted molar refractivity (Wildman–Crippen MR) is 97.1 cm³/mol. The highest BCUT2D eigenvalue weighted by Gasteiger charge is 2.25. The van der Waals surface area contributed by atoms with Gasteiger partial charge in [-0.05, 0) is 43.9 Å². The number of carbonyl (C=O) groups excluding carboxylic acids is 1. The van der Waals surface area contributed by atoms with Crippen LogP contribution in [0, 0.1) is 6.92 Å². The summed E-state index contributed by atoms with van der Waals surface area (Å²) in [4.78, 5) is 31.1. The number of carboxylic acid groups (broad SMARTS) is 1. The van der Waals surface area contributed by atoms with Crippen LogP contribution >= 0.6 is 11.3 Å². The Labute approximate surface area is 151 Å². The SMILES string of the molecule is Cc1ncsc1CCC(=O)N1CCC[C@H](c2cccc(C(=O)O)c2)C1. The number of hydrogen-bond acceptors (Lipinski definition) is 4. The molecule has 5 nitrogen and oxygen atoms in total. The van der Waals surface area contributed by atoms with Gasteiger partial charge in [-0.1, -0.05) is 12.1 Å². The molecule has 0 aliphatic carbocycles. The summed E-state index contributed by atoms with van der Waals surface area (Å²) >= 11 is 1.60. The molecule has 0 radical (unpaired) electrons. The van der Waals surface area contributed by atoms with Crippen molar-refractivity contribution < 1.29 is 14.7 Å². The Bertz CT molecular complexity index is 772. The van der Waals surface area contributed by atoms with Crippen molar-refractivity contribution in [2.24, 2.45) is 0 Å². The molecular formula is C19H22N2O3S. The zero-order valence-corrected chi connectivity index (χ0v) is 15.1. The van der Waals surface area contributed by atoms with Gasteiger partial charge >= 0.3 is 5.97 Å². The van der Waals surface area contributed by atoms with Gasteiger partial charge in [-0.2, -0.15) is 0 Å². The average Bonchev–Trinajstić information content (AvgIpc) is 3.05. The molecule has 132 valence electrons. The van der Waals surface area contributed by atoms with Gasteiger partial charge in [0.1, 0.15) is 0 Å². The van der Waals surface area contributed by atoms with E-state index in [2.05, 4.69) is 4.98 Å². The van der Waals surface area contributed by atoms with E-state index in [1.165, 1.54) is 4.88 Å². The first kappa shape index (κ1) is 17.6. The summed E-state index contributed by atoms with van der Waals surface area (Å²) in [6.45, 7) is 3.43. The van der Waals surface area contributed by atoms with Crippen molar-refractivity contribution in [2.45, 2.75) is 38.5 Å². The van der Waals surface area contributed by atoms with Crippen LogP contribution in [0.4, 0.5) is 0 Å². The van der Waals surface area contributed by atoms with Crippen molar-refractivity contribution in [1.29, 1.82) is 0 Å². The Morgan fingerprint density at radius 1 is 1.40 bits per heavy atom. The smallest absolute Gasteiger partial charge is 0.335 e. The largest absolute Gasteiger partial charge is 0.478 e. The summed E-state index contributed by atoms with van der Waals surface area (Å²) in [5, 5.41) is 9.16. The molecule has 6 heteroatoms. The van der Waals surface area contributed by atoms with E-state index in [4.69, 9.17) is 5.11 Å². The van der Waals surface area contributed by atoms with E-state index in [1.807, 2.05) is 23.4 Å². The normalized spacial score (nSPS) is 17.5. The topological polar surface area (TPSA) is 70.5 Å². The number of carboxylic acids is 1. The molecule has 1 N–H and O–H groups in total. The quantitative estimate of drug-likeness (QED) is 0.888. The standard InChI is InChI=1S/C19H22N2O3S/c1-13-17(25-12-20-13)7-8-18(22)21-9-3-6-16(11-21)14-4-2-5-15(10-14)19(23)24/h2,4-5,10,12,16H,3,6-9,11H2,1H3,(H,23,24)/t16-/m0/s1. The number of rotatable bonds is 5. The Kier molecular flexibility index (Phi) is 5.48. The van der Waals surface area contributed by atoms with E-state index >= 15 is 0 Å². The highest BCUT2D eigenvalue weighted by molar-refractivity contribution is 7.09. The second kappa shape index (κ2) is 7.78. The first-order valence-electron chi connectivity index (χ1n) is 8.54. The van der Waals surface area contributed by atoms with Crippen LogP contribution in [0.15, 0.2) is 29.8 Å². The molecule has 0 unspecified atom stereocenters. The van der Waals surface area contributed by atoms with Crippen LogP contribution in [0.5, 0.6) is 0 Å². The van der Waals surface area contributed by atoms with Crippen LogP contribution in [0.25, 0.3) is 0 Å². The van der Waals surface area contributed by atoms with Crippen LogP contribution in [0.3, 0.4) is 0 Å². The van der Waals surface area contributed by atoms with Crippen LogP contribution in [0.1, 0.15) is 51.7 Å². The van der Waals surface area contributed by atoms with Crippen molar-refractivity contribution in [1.82, 2.24) is 9.88 Å². The molecule has 1 fully saturated rings. The van der Waals surface area contributed by atoms with Gasteiger partial charge in [0.2, 0.25) is 5.91 Å². The van der Waals surface area contributed by atoms with E-state index in [0.29, 0.717) is 18.5 Å². The van der Waals surface area contributed by atoms with Gasteiger partial charge in [0.25, 0.3) is 0 Å². The van der Waals surface area contributed by atoms with Gasteiger partial charge in [-0.25, -0.2) is 9.78 Å². The molecule has 1 atom stereocenters. The third-order valence-corrected chi connectivity index (χ3v) is 5.78. The molecule has 1 amide bonds. The zero-order chi connectivity index (χ0) is 17.8. The second-order valence-electron chi connectivity index (χ2n) is 6.47. The summed E-state index contributed by atoms with van der Waals surface area (Å²) in [5.74, 6) is -0.528. The first-order valence-corrected chi connectivity index (χ1v) is 9.42. The van der Waals surface area contributed by atoms with Crippen LogP contribution in [-0.4, -0.2) is 40.0 Å². The highest BCUT2D eigenvalue weighted by Crippen LogP contribution is 2.28. The maximum Gasteiger partial charge on any atom is 0.335 e. The molecule has 2 heterocycles. The predicted octanol–water partition coefficient (Wildman–Crippen LogP) is 3.49. The number of aryl methyl sites for hydroxylation is 2. The lowest BCUT2D eigenvalue weighted by atomic mass is 9.89. The molecule has 3 rings (SSSR count). The summed E-state index contributed by atoms with van der Waals surface area (Å²) in [6, 6.07) is 7.09. The van der Waals surface area contributed by atoms with Crippen molar-refractivity contribution in [3.63, 3.8) is 0 Å². The van der Waals surface area contributed by atoms with Crippen LogP contribution in [0.2, 0.25) is 0 Å². The molecule has 0 spiro atoms. The summed E-state index contributed by atoms with van der Waals surface area (Å²) < 4.78 is 0. The summed E-state index contributed by atoms with van der Waals surface area (Å²) in [7, 11) is 0. The fourth-order valence-corrected chi connectivity index (χ4v) is 4.13. The van der Waals surface area contributed by atoms with E-state index in [1.54, 1.807) is 29.5 Å². The third-order valence-electron chi connectivity index (χ3n) is 4.79. The van der Waals surface area contributed by atoms with Crippen molar-refractivity contribution in [2.75, 3.05) is 13.1 Å². The van der Waals surface area contributed by atoms with Crippen molar-refractivity contribution >= 4 is 23.2 Å². The fraction of sp³-hybridized carbons (Fsp3) is 0.421. The molecule has 0 bridgehead atoms. The van der Waals surface area contributed by atoms with Gasteiger partial charge < -0.3 is 10.0 Å². The van der Waals surface area contributed by atoms with Gasteiger partial charge in [0, 0.05) is 30.3 Å². The molecule has 1 aromatic carbocycles. The lowest BCUT2D eigenvalue weighted by Gasteiger charge is -2.33. The minimum atomic E-state index is -0.912. The Morgan fingerprint density at radius 2 is 2.24 bits per heavy atom. The maximum atomic E-state index is 12.6. The van der Waals surface area contributed by atoms with Crippen LogP contribution < -0.4 is 0 Å². The molecule has 1 aliphatic heterocycles. The Hall–Kier alpha value is -2.21. The van der Waals surface area contributed by atoms with Gasteiger partial charge in [-0.15, -0.1) is 11.3 Å². The molecule has 1 saturated heterocycles. The van der Waals surface area contributed by atoms with Gasteiger partial charge in [-0.3, -0.25) is 4.79 Å². The monoisotopic (exact) mass is 358 g/mol. The Balaban J connectivity index is 1.62. The molecular weight excluding hydrogens is 336 g/mol. The summed E-state index contributed by atoms with van der Waals surface area (Å²) in [6.07, 6.45) is 3.18. The highest BCUT2D eigenvalue weighted by atomic mass is 32.1. The number of aromatic nitrogens is 1. The van der Waals surface area contributed by atoms with Crippen molar-refractivity contribution in [3.8, 4) is 0 Å². The number of piperidine rings is 1. The number of aromatic carboxylic acids is 1. The molecule has 1 aromatic heterocycles. The fourth-order valence-electron chi connectivity index (χ4n) is 3.35. The second-order valence-corrected chi connectivity index (χ2v) is 7.41. The van der Waals surface area contributed by atoms with Crippen molar-refractivity contribution in [3.05, 3.63) is 51.5 Å². The van der Waals surface area contributed by atoms with Crippen LogP contribution in [-0.2, 0) is 11.2 Å². The van der Waals surface area contributed by atoms with E-state index in [0.717, 1.165) is 37.1 Å². The van der Waals surface area contributed by atoms with Gasteiger partial charge in [0.15, 0.2) is 0 Å². The molecule has 0 saturated carbocycles. The lowest BCUT2D eigenvalue weighted by molar-refractivity contribution is -0.132. The summed E-state index contributed by atoms with van der Waals surface area (Å²) in [5.41, 5.74) is 4.15. The molecule has 25 heavy (non-hydrogen) atoms. The zero-order valence-electron chi connectivity index (χ0n) is 14.3. The first-order chi connectivity index (χ1) is 12.0. The number of amides is 1. The maximum absolute atomic E-state index is 12.6. The van der Waals surface area contributed by atoms with E-state index < -0.39 is 5.97 Å². The number of likely N-dealkylation sites (tertiary alicyclic amines) is 1. The van der Waals surface area contributed by atoms with E-state index in [9.17, 15) is 9.59 Å². The number of nitrogens with zero attached hydrogens (tertiary/aromatic N) is 2. The Morgan fingerprint density at radius 3 is 2.96 bits per heavy atom. The van der Waals surface area contributed by atoms with E-state index in [-0.39, 0.29) is 11.8 Å². The minimum absolute atomic E-state index is 0.173.